The molecule has 1 rings (SSSR count). The fraction of sp³-hybridized carbons (Fsp3) is 0.733. The van der Waals surface area contributed by atoms with Crippen LogP contribution in [-0.2, 0) is 4.74 Å². The third-order valence-electron chi connectivity index (χ3n) is 2.67. The van der Waals surface area contributed by atoms with Crippen molar-refractivity contribution in [3.05, 3.63) is 17.5 Å². The van der Waals surface area contributed by atoms with Crippen molar-refractivity contribution in [2.75, 3.05) is 25.1 Å². The monoisotopic (exact) mass is 265 g/mol. The molecule has 0 spiro atoms. The minimum absolute atomic E-state index is 0.427. The van der Waals surface area contributed by atoms with Crippen molar-refractivity contribution in [1.29, 1.82) is 0 Å². The molecule has 0 amide bonds. The maximum absolute atomic E-state index is 5.54. The summed E-state index contributed by atoms with van der Waals surface area (Å²) >= 11 is 0. The number of anilines is 1. The smallest absolute Gasteiger partial charge is 0.223 e. The van der Waals surface area contributed by atoms with E-state index in [0.29, 0.717) is 11.8 Å². The Labute approximate surface area is 117 Å². The summed E-state index contributed by atoms with van der Waals surface area (Å²) in [4.78, 5) is 8.92. The normalized spacial score (nSPS) is 11.3. The Morgan fingerprint density at radius 2 is 1.95 bits per heavy atom. The molecular formula is C15H27N3O. The van der Waals surface area contributed by atoms with Crippen LogP contribution in [0.2, 0.25) is 0 Å². The van der Waals surface area contributed by atoms with Gasteiger partial charge in [-0.15, -0.1) is 0 Å². The maximum atomic E-state index is 5.54. The first-order chi connectivity index (χ1) is 8.99. The Hall–Kier alpha value is -1.16. The van der Waals surface area contributed by atoms with Crippen molar-refractivity contribution in [1.82, 2.24) is 9.97 Å². The molecule has 0 saturated carbocycles. The van der Waals surface area contributed by atoms with E-state index in [9.17, 15) is 0 Å². The average molecular weight is 265 g/mol. The molecule has 19 heavy (non-hydrogen) atoms. The van der Waals surface area contributed by atoms with Gasteiger partial charge in [-0.2, -0.15) is 0 Å². The summed E-state index contributed by atoms with van der Waals surface area (Å²) in [7, 11) is 0. The number of rotatable bonds is 8. The first-order valence-electron chi connectivity index (χ1n) is 7.16. The number of hydrogen-bond acceptors (Lipinski definition) is 4. The number of ether oxygens (including phenoxy) is 1. The van der Waals surface area contributed by atoms with Gasteiger partial charge < -0.3 is 10.1 Å². The fourth-order valence-corrected chi connectivity index (χ4v) is 1.66. The van der Waals surface area contributed by atoms with E-state index in [1.54, 1.807) is 0 Å². The third kappa shape index (κ3) is 6.53. The van der Waals surface area contributed by atoms with Crippen molar-refractivity contribution < 1.29 is 4.74 Å². The van der Waals surface area contributed by atoms with Gasteiger partial charge in [0.05, 0.1) is 0 Å². The molecule has 0 saturated heterocycles. The summed E-state index contributed by atoms with van der Waals surface area (Å²) in [6.07, 6.45) is 0.973. The van der Waals surface area contributed by atoms with Gasteiger partial charge in [-0.05, 0) is 31.2 Å². The average Bonchev–Trinajstić information content (AvgIpc) is 2.32. The zero-order valence-corrected chi connectivity index (χ0v) is 12.9. The van der Waals surface area contributed by atoms with E-state index in [0.717, 1.165) is 43.5 Å². The first kappa shape index (κ1) is 15.9. The topological polar surface area (TPSA) is 47.0 Å². The number of nitrogens with one attached hydrogen (secondary N) is 1. The fourth-order valence-electron chi connectivity index (χ4n) is 1.66. The van der Waals surface area contributed by atoms with E-state index >= 15 is 0 Å². The SMILES string of the molecule is Cc1cc(C(C)C)nc(NCCCOCC(C)C)n1. The van der Waals surface area contributed by atoms with Gasteiger partial charge in [-0.1, -0.05) is 27.7 Å². The number of nitrogens with zero attached hydrogens (tertiary/aromatic N) is 2. The van der Waals surface area contributed by atoms with Gasteiger partial charge in [0, 0.05) is 31.1 Å². The molecule has 1 N–H and O–H groups in total. The third-order valence-corrected chi connectivity index (χ3v) is 2.67. The second-order valence-electron chi connectivity index (χ2n) is 5.66. The summed E-state index contributed by atoms with van der Waals surface area (Å²) in [5.74, 6) is 1.76. The van der Waals surface area contributed by atoms with Gasteiger partial charge >= 0.3 is 0 Å². The molecule has 4 heteroatoms. The summed E-state index contributed by atoms with van der Waals surface area (Å²) in [5.41, 5.74) is 2.10. The van der Waals surface area contributed by atoms with Crippen molar-refractivity contribution >= 4 is 5.95 Å². The van der Waals surface area contributed by atoms with Crippen LogP contribution in [0.5, 0.6) is 0 Å². The lowest BCUT2D eigenvalue weighted by molar-refractivity contribution is 0.110. The largest absolute Gasteiger partial charge is 0.381 e. The summed E-state index contributed by atoms with van der Waals surface area (Å²) < 4.78 is 5.54. The van der Waals surface area contributed by atoms with Crippen molar-refractivity contribution in [2.24, 2.45) is 5.92 Å². The van der Waals surface area contributed by atoms with Crippen LogP contribution in [0, 0.1) is 12.8 Å². The Morgan fingerprint density at radius 1 is 1.21 bits per heavy atom. The highest BCUT2D eigenvalue weighted by Crippen LogP contribution is 2.14. The molecule has 4 nitrogen and oxygen atoms in total. The second kappa shape index (κ2) is 8.10. The van der Waals surface area contributed by atoms with E-state index in [1.807, 2.05) is 13.0 Å². The lowest BCUT2D eigenvalue weighted by Crippen LogP contribution is -2.11. The van der Waals surface area contributed by atoms with Crippen LogP contribution in [-0.4, -0.2) is 29.7 Å². The summed E-state index contributed by atoms with van der Waals surface area (Å²) in [6, 6.07) is 2.04. The molecule has 0 fully saturated rings. The minimum Gasteiger partial charge on any atom is -0.381 e. The highest BCUT2D eigenvalue weighted by Gasteiger charge is 2.05. The molecule has 0 bridgehead atoms. The summed E-state index contributed by atoms with van der Waals surface area (Å²) in [6.45, 7) is 13.1. The predicted octanol–water partition coefficient (Wildman–Crippen LogP) is 3.38. The predicted molar refractivity (Wildman–Crippen MR) is 79.6 cm³/mol. The van der Waals surface area contributed by atoms with Crippen LogP contribution in [0.4, 0.5) is 5.95 Å². The van der Waals surface area contributed by atoms with E-state index in [4.69, 9.17) is 4.74 Å². The quantitative estimate of drug-likeness (QED) is 0.732. The standard InChI is InChI=1S/C15H27N3O/c1-11(2)10-19-8-6-7-16-15-17-13(5)9-14(18-15)12(3)4/h9,11-12H,6-8,10H2,1-5H3,(H,16,17,18). The molecule has 0 aromatic carbocycles. The zero-order chi connectivity index (χ0) is 14.3. The van der Waals surface area contributed by atoms with E-state index in [1.165, 1.54) is 0 Å². The van der Waals surface area contributed by atoms with Crippen molar-refractivity contribution in [3.8, 4) is 0 Å². The van der Waals surface area contributed by atoms with Crippen LogP contribution < -0.4 is 5.32 Å². The lowest BCUT2D eigenvalue weighted by Gasteiger charge is -2.10. The van der Waals surface area contributed by atoms with Gasteiger partial charge in [0.2, 0.25) is 5.95 Å². The zero-order valence-electron chi connectivity index (χ0n) is 12.9. The van der Waals surface area contributed by atoms with E-state index in [2.05, 4.69) is 43.0 Å². The van der Waals surface area contributed by atoms with Gasteiger partial charge in [0.15, 0.2) is 0 Å². The van der Waals surface area contributed by atoms with Crippen LogP contribution in [0.1, 0.15) is 51.4 Å². The first-order valence-corrected chi connectivity index (χ1v) is 7.16. The summed E-state index contributed by atoms with van der Waals surface area (Å²) in [5, 5.41) is 3.27. The van der Waals surface area contributed by atoms with Gasteiger partial charge in [0.25, 0.3) is 0 Å². The second-order valence-corrected chi connectivity index (χ2v) is 5.66. The van der Waals surface area contributed by atoms with E-state index < -0.39 is 0 Å². The molecule has 1 aromatic heterocycles. The molecule has 0 unspecified atom stereocenters. The molecule has 108 valence electrons. The molecule has 0 radical (unpaired) electrons. The van der Waals surface area contributed by atoms with Gasteiger partial charge in [-0.3, -0.25) is 0 Å². The Balaban J connectivity index is 2.33. The molecule has 1 heterocycles. The highest BCUT2D eigenvalue weighted by molar-refractivity contribution is 5.28. The van der Waals surface area contributed by atoms with Crippen LogP contribution in [0.15, 0.2) is 6.07 Å². The van der Waals surface area contributed by atoms with Crippen molar-refractivity contribution in [2.45, 2.75) is 47.0 Å². The number of aromatic nitrogens is 2. The van der Waals surface area contributed by atoms with Crippen molar-refractivity contribution in [3.63, 3.8) is 0 Å². The van der Waals surface area contributed by atoms with E-state index in [-0.39, 0.29) is 0 Å². The lowest BCUT2D eigenvalue weighted by atomic mass is 10.1. The number of hydrogen-bond donors (Lipinski definition) is 1. The molecular weight excluding hydrogens is 238 g/mol. The maximum Gasteiger partial charge on any atom is 0.223 e. The molecule has 1 aromatic rings. The Bertz CT molecular complexity index is 378. The Kier molecular flexibility index (Phi) is 6.78. The molecule has 0 atom stereocenters. The van der Waals surface area contributed by atoms with Crippen LogP contribution in [0.3, 0.4) is 0 Å². The Morgan fingerprint density at radius 3 is 2.58 bits per heavy atom. The van der Waals surface area contributed by atoms with Gasteiger partial charge in [0.1, 0.15) is 0 Å². The highest BCUT2D eigenvalue weighted by atomic mass is 16.5. The molecule has 0 aliphatic heterocycles. The van der Waals surface area contributed by atoms with Crippen LogP contribution >= 0.6 is 0 Å². The minimum atomic E-state index is 0.427. The van der Waals surface area contributed by atoms with Gasteiger partial charge in [-0.25, -0.2) is 9.97 Å². The molecule has 0 aliphatic carbocycles. The molecule has 0 aliphatic rings. The number of aryl methyl sites for hydroxylation is 1. The van der Waals surface area contributed by atoms with Crippen LogP contribution in [0.25, 0.3) is 0 Å².